The van der Waals surface area contributed by atoms with Crippen molar-refractivity contribution in [1.29, 1.82) is 0 Å². The van der Waals surface area contributed by atoms with E-state index in [1.807, 2.05) is 18.4 Å². The highest BCUT2D eigenvalue weighted by Crippen LogP contribution is 2.22. The van der Waals surface area contributed by atoms with Crippen LogP contribution in [0.5, 0.6) is 0 Å². The van der Waals surface area contributed by atoms with E-state index in [4.69, 9.17) is 0 Å². The van der Waals surface area contributed by atoms with Gasteiger partial charge in [-0.2, -0.15) is 0 Å². The summed E-state index contributed by atoms with van der Waals surface area (Å²) in [5.41, 5.74) is 2.27. The molecule has 1 aliphatic heterocycles. The van der Waals surface area contributed by atoms with Crippen molar-refractivity contribution in [2.24, 2.45) is 0 Å². The molecular formula is C21H26N4O3. The van der Waals surface area contributed by atoms with E-state index in [0.29, 0.717) is 29.3 Å². The molecule has 28 heavy (non-hydrogen) atoms. The Balaban J connectivity index is 1.85. The van der Waals surface area contributed by atoms with Crippen LogP contribution in [0.25, 0.3) is 0 Å². The summed E-state index contributed by atoms with van der Waals surface area (Å²) in [6.07, 6.45) is 3.46. The van der Waals surface area contributed by atoms with Crippen LogP contribution in [0.1, 0.15) is 77.2 Å². The Labute approximate surface area is 164 Å². The molecule has 0 fully saturated rings. The van der Waals surface area contributed by atoms with Crippen molar-refractivity contribution in [2.45, 2.75) is 59.0 Å². The number of rotatable bonds is 6. The third-order valence-corrected chi connectivity index (χ3v) is 5.08. The first-order chi connectivity index (χ1) is 13.4. The van der Waals surface area contributed by atoms with E-state index < -0.39 is 0 Å². The van der Waals surface area contributed by atoms with Crippen LogP contribution >= 0.6 is 0 Å². The topological polar surface area (TPSA) is 93.1 Å². The Bertz CT molecular complexity index is 899. The molecular weight excluding hydrogens is 356 g/mol. The molecule has 2 amide bonds. The highest BCUT2D eigenvalue weighted by Gasteiger charge is 2.27. The van der Waals surface area contributed by atoms with Gasteiger partial charge in [-0.3, -0.25) is 14.4 Å². The van der Waals surface area contributed by atoms with Crippen LogP contribution < -0.4 is 10.6 Å². The summed E-state index contributed by atoms with van der Waals surface area (Å²) in [4.78, 5) is 41.3. The second kappa shape index (κ2) is 8.37. The van der Waals surface area contributed by atoms with Crippen LogP contribution in [0.3, 0.4) is 0 Å². The van der Waals surface area contributed by atoms with E-state index in [1.54, 1.807) is 24.3 Å². The van der Waals surface area contributed by atoms with Crippen molar-refractivity contribution in [1.82, 2.24) is 14.9 Å². The summed E-state index contributed by atoms with van der Waals surface area (Å²) < 4.78 is 1.87. The second-order valence-corrected chi connectivity index (χ2v) is 7.21. The summed E-state index contributed by atoms with van der Waals surface area (Å²) in [5, 5.41) is 5.75. The molecule has 1 aromatic carbocycles. The van der Waals surface area contributed by atoms with Gasteiger partial charge in [-0.1, -0.05) is 6.92 Å². The molecule has 7 heteroatoms. The molecule has 1 aliphatic rings. The van der Waals surface area contributed by atoms with E-state index in [-0.39, 0.29) is 23.6 Å². The standard InChI is InChI=1S/C21H26N4O3/c1-4-13(2)22-21(28)19-24-18(17-7-5-6-12-25(17)19)20(27)23-16-10-8-15(9-11-16)14(3)26/h8-11,13H,4-7,12H2,1-3H3,(H,22,28)(H,23,27). The lowest BCUT2D eigenvalue weighted by Gasteiger charge is -2.18. The highest BCUT2D eigenvalue weighted by atomic mass is 16.2. The van der Waals surface area contributed by atoms with Crippen molar-refractivity contribution in [3.05, 3.63) is 47.0 Å². The lowest BCUT2D eigenvalue weighted by molar-refractivity contribution is 0.0922. The third kappa shape index (κ3) is 4.13. The number of anilines is 1. The molecule has 2 heterocycles. The Morgan fingerprint density at radius 3 is 2.50 bits per heavy atom. The maximum atomic E-state index is 12.8. The number of ketones is 1. The van der Waals surface area contributed by atoms with Gasteiger partial charge in [0.1, 0.15) is 0 Å². The number of nitrogens with zero attached hydrogens (tertiary/aromatic N) is 2. The fourth-order valence-corrected chi connectivity index (χ4v) is 3.27. The van der Waals surface area contributed by atoms with Crippen LogP contribution in [-0.4, -0.2) is 33.2 Å². The van der Waals surface area contributed by atoms with Crippen LogP contribution in [-0.2, 0) is 13.0 Å². The van der Waals surface area contributed by atoms with Crippen molar-refractivity contribution in [3.8, 4) is 0 Å². The fraction of sp³-hybridized carbons (Fsp3) is 0.429. The molecule has 1 atom stereocenters. The van der Waals surface area contributed by atoms with Gasteiger partial charge in [0, 0.05) is 23.8 Å². The molecule has 3 rings (SSSR count). The first-order valence-corrected chi connectivity index (χ1v) is 9.73. The minimum Gasteiger partial charge on any atom is -0.347 e. The van der Waals surface area contributed by atoms with Gasteiger partial charge < -0.3 is 15.2 Å². The minimum absolute atomic E-state index is 0.0296. The predicted molar refractivity (Wildman–Crippen MR) is 107 cm³/mol. The van der Waals surface area contributed by atoms with Gasteiger partial charge in [-0.15, -0.1) is 0 Å². The van der Waals surface area contributed by atoms with Crippen molar-refractivity contribution < 1.29 is 14.4 Å². The number of benzene rings is 1. The average Bonchev–Trinajstić information content (AvgIpc) is 3.08. The maximum Gasteiger partial charge on any atom is 0.287 e. The number of nitrogens with one attached hydrogen (secondary N) is 2. The summed E-state index contributed by atoms with van der Waals surface area (Å²) in [5.74, 6) is -0.323. The zero-order chi connectivity index (χ0) is 20.3. The van der Waals surface area contributed by atoms with E-state index in [2.05, 4.69) is 15.6 Å². The van der Waals surface area contributed by atoms with Gasteiger partial charge in [-0.25, -0.2) is 4.98 Å². The van der Waals surface area contributed by atoms with Gasteiger partial charge in [0.15, 0.2) is 17.3 Å². The molecule has 0 aliphatic carbocycles. The smallest absolute Gasteiger partial charge is 0.287 e. The van der Waals surface area contributed by atoms with E-state index in [1.165, 1.54) is 6.92 Å². The van der Waals surface area contributed by atoms with Crippen LogP contribution in [0, 0.1) is 0 Å². The summed E-state index contributed by atoms with van der Waals surface area (Å²) in [6, 6.07) is 6.76. The molecule has 2 N–H and O–H groups in total. The van der Waals surface area contributed by atoms with Crippen molar-refractivity contribution in [2.75, 3.05) is 5.32 Å². The lowest BCUT2D eigenvalue weighted by Crippen LogP contribution is -2.34. The monoisotopic (exact) mass is 382 g/mol. The van der Waals surface area contributed by atoms with Gasteiger partial charge in [0.05, 0.1) is 5.69 Å². The zero-order valence-electron chi connectivity index (χ0n) is 16.5. The summed E-state index contributed by atoms with van der Waals surface area (Å²) in [6.45, 7) is 6.13. The third-order valence-electron chi connectivity index (χ3n) is 5.08. The Kier molecular flexibility index (Phi) is 5.92. The number of imidazole rings is 1. The van der Waals surface area contributed by atoms with Crippen molar-refractivity contribution in [3.63, 3.8) is 0 Å². The number of carbonyl (C=O) groups is 3. The molecule has 0 saturated carbocycles. The van der Waals surface area contributed by atoms with Gasteiger partial charge >= 0.3 is 0 Å². The number of amides is 2. The molecule has 2 aromatic rings. The quantitative estimate of drug-likeness (QED) is 0.750. The first-order valence-electron chi connectivity index (χ1n) is 9.73. The number of Topliss-reactive ketones (excluding diaryl/α,β-unsaturated/α-hetero) is 1. The van der Waals surface area contributed by atoms with E-state index in [9.17, 15) is 14.4 Å². The largest absolute Gasteiger partial charge is 0.347 e. The zero-order valence-corrected chi connectivity index (χ0v) is 16.5. The lowest BCUT2D eigenvalue weighted by atomic mass is 10.1. The molecule has 0 bridgehead atoms. The van der Waals surface area contributed by atoms with Crippen LogP contribution in [0.2, 0.25) is 0 Å². The van der Waals surface area contributed by atoms with Crippen LogP contribution in [0.4, 0.5) is 5.69 Å². The number of aromatic nitrogens is 2. The average molecular weight is 382 g/mol. The Morgan fingerprint density at radius 2 is 1.86 bits per heavy atom. The summed E-state index contributed by atoms with van der Waals surface area (Å²) in [7, 11) is 0. The molecule has 1 aromatic heterocycles. The van der Waals surface area contributed by atoms with E-state index in [0.717, 1.165) is 31.4 Å². The van der Waals surface area contributed by atoms with E-state index >= 15 is 0 Å². The predicted octanol–water partition coefficient (Wildman–Crippen LogP) is 3.20. The minimum atomic E-state index is -0.344. The molecule has 0 radical (unpaired) electrons. The SMILES string of the molecule is CCC(C)NC(=O)c1nc(C(=O)Nc2ccc(C(C)=O)cc2)c2n1CCCC2. The Hall–Kier alpha value is -2.96. The molecule has 0 saturated heterocycles. The van der Waals surface area contributed by atoms with Gasteiger partial charge in [-0.05, 0) is 63.8 Å². The molecule has 7 nitrogen and oxygen atoms in total. The number of hydrogen-bond donors (Lipinski definition) is 2. The van der Waals surface area contributed by atoms with Crippen LogP contribution in [0.15, 0.2) is 24.3 Å². The highest BCUT2D eigenvalue weighted by molar-refractivity contribution is 6.05. The fourth-order valence-electron chi connectivity index (χ4n) is 3.27. The van der Waals surface area contributed by atoms with Gasteiger partial charge in [0.25, 0.3) is 11.8 Å². The number of hydrogen-bond acceptors (Lipinski definition) is 4. The molecule has 148 valence electrons. The van der Waals surface area contributed by atoms with Crippen molar-refractivity contribution >= 4 is 23.3 Å². The van der Waals surface area contributed by atoms with Gasteiger partial charge in [0.2, 0.25) is 0 Å². The number of fused-ring (bicyclic) bond motifs is 1. The normalized spacial score (nSPS) is 14.1. The number of carbonyl (C=O) groups excluding carboxylic acids is 3. The first kappa shape index (κ1) is 19.8. The second-order valence-electron chi connectivity index (χ2n) is 7.21. The molecule has 1 unspecified atom stereocenters. The summed E-state index contributed by atoms with van der Waals surface area (Å²) >= 11 is 0. The Morgan fingerprint density at radius 1 is 1.14 bits per heavy atom. The molecule has 0 spiro atoms. The maximum absolute atomic E-state index is 12.8.